The van der Waals surface area contributed by atoms with Crippen molar-refractivity contribution in [2.45, 2.75) is 4.90 Å². The summed E-state index contributed by atoms with van der Waals surface area (Å²) in [5.41, 5.74) is 2.18. The van der Waals surface area contributed by atoms with Crippen LogP contribution in [0.1, 0.15) is 5.56 Å². The van der Waals surface area contributed by atoms with Gasteiger partial charge >= 0.3 is 0 Å². The van der Waals surface area contributed by atoms with Crippen LogP contribution in [0.3, 0.4) is 0 Å². The molecule has 1 aliphatic heterocycles. The van der Waals surface area contributed by atoms with Gasteiger partial charge in [0, 0.05) is 15.4 Å². The summed E-state index contributed by atoms with van der Waals surface area (Å²) in [4.78, 5) is 9.02. The maximum atomic E-state index is 5.18. The van der Waals surface area contributed by atoms with Crippen molar-refractivity contribution in [1.82, 2.24) is 0 Å². The molecule has 0 saturated heterocycles. The summed E-state index contributed by atoms with van der Waals surface area (Å²) in [6.07, 6.45) is 0. The zero-order valence-corrected chi connectivity index (χ0v) is 14.5. The van der Waals surface area contributed by atoms with Gasteiger partial charge in [0.05, 0.1) is 12.8 Å². The predicted molar refractivity (Wildman–Crippen MR) is 96.9 cm³/mol. The Balaban J connectivity index is 1.88. The van der Waals surface area contributed by atoms with Crippen molar-refractivity contribution in [3.8, 4) is 5.75 Å². The normalized spacial score (nSPS) is 15.5. The highest BCUT2D eigenvalue weighted by Gasteiger charge is 2.18. The van der Waals surface area contributed by atoms with Gasteiger partial charge in [-0.2, -0.15) is 0 Å². The standard InChI is InChI=1S/C16H12BrNOS2/c1-19-11-6-8-12(9-7-11)20-16-18-14-5-3-2-4-13(14)15(10-17)21-16/h2-10H,1H3/b15-10-. The van der Waals surface area contributed by atoms with Gasteiger partial charge in [0.15, 0.2) is 0 Å². The molecule has 5 heteroatoms. The number of fused-ring (bicyclic) bond motifs is 1. The number of ether oxygens (including phenoxy) is 1. The molecule has 21 heavy (non-hydrogen) atoms. The van der Waals surface area contributed by atoms with E-state index in [2.05, 4.69) is 22.0 Å². The average Bonchev–Trinajstić information content (AvgIpc) is 2.55. The van der Waals surface area contributed by atoms with E-state index in [1.165, 1.54) is 10.5 Å². The van der Waals surface area contributed by atoms with Gasteiger partial charge < -0.3 is 4.74 Å². The van der Waals surface area contributed by atoms with E-state index in [0.29, 0.717) is 0 Å². The fourth-order valence-corrected chi connectivity index (χ4v) is 4.45. The molecule has 0 aliphatic carbocycles. The van der Waals surface area contributed by atoms with Crippen LogP contribution in [0.4, 0.5) is 5.69 Å². The minimum atomic E-state index is 0.865. The van der Waals surface area contributed by atoms with E-state index < -0.39 is 0 Å². The Morgan fingerprint density at radius 2 is 1.90 bits per heavy atom. The Bertz CT molecular complexity index is 710. The Hall–Kier alpha value is -1.17. The summed E-state index contributed by atoms with van der Waals surface area (Å²) >= 11 is 6.79. The molecule has 0 atom stereocenters. The van der Waals surface area contributed by atoms with Crippen molar-refractivity contribution >= 4 is 54.4 Å². The SMILES string of the molecule is COc1ccc(SC2=Nc3ccccc3/C(=C/Br)S2)cc1. The summed E-state index contributed by atoms with van der Waals surface area (Å²) in [5, 5.41) is 0. The van der Waals surface area contributed by atoms with Crippen LogP contribution in [-0.2, 0) is 0 Å². The minimum absolute atomic E-state index is 0.865. The van der Waals surface area contributed by atoms with Crippen LogP contribution >= 0.6 is 39.5 Å². The van der Waals surface area contributed by atoms with Crippen molar-refractivity contribution in [3.05, 3.63) is 59.1 Å². The quantitative estimate of drug-likeness (QED) is 0.648. The van der Waals surface area contributed by atoms with E-state index in [1.54, 1.807) is 30.6 Å². The number of para-hydroxylation sites is 1. The van der Waals surface area contributed by atoms with Crippen LogP contribution in [0, 0.1) is 0 Å². The average molecular weight is 378 g/mol. The summed E-state index contributed by atoms with van der Waals surface area (Å²) in [6.45, 7) is 0. The van der Waals surface area contributed by atoms with Crippen LogP contribution in [-0.4, -0.2) is 11.5 Å². The lowest BCUT2D eigenvalue weighted by Crippen LogP contribution is -1.94. The molecule has 0 aromatic heterocycles. The Morgan fingerprint density at radius 1 is 1.14 bits per heavy atom. The van der Waals surface area contributed by atoms with Crippen LogP contribution in [0.15, 0.2) is 63.4 Å². The number of nitrogens with zero attached hydrogens (tertiary/aromatic N) is 1. The Morgan fingerprint density at radius 3 is 2.62 bits per heavy atom. The first-order valence-corrected chi connectivity index (χ1v) is 8.83. The fraction of sp³-hybridized carbons (Fsp3) is 0.0625. The van der Waals surface area contributed by atoms with Gasteiger partial charge in [0.25, 0.3) is 0 Å². The maximum Gasteiger partial charge on any atom is 0.140 e. The van der Waals surface area contributed by atoms with Crippen molar-refractivity contribution in [2.24, 2.45) is 4.99 Å². The lowest BCUT2D eigenvalue weighted by molar-refractivity contribution is 0.414. The molecule has 0 radical (unpaired) electrons. The van der Waals surface area contributed by atoms with Gasteiger partial charge in [-0.05, 0) is 35.3 Å². The van der Waals surface area contributed by atoms with E-state index in [-0.39, 0.29) is 0 Å². The molecular weight excluding hydrogens is 366 g/mol. The van der Waals surface area contributed by atoms with Gasteiger partial charge in [0.2, 0.25) is 0 Å². The highest BCUT2D eigenvalue weighted by molar-refractivity contribution is 9.11. The van der Waals surface area contributed by atoms with Gasteiger partial charge in [-0.25, -0.2) is 4.99 Å². The molecule has 0 amide bonds. The zero-order chi connectivity index (χ0) is 14.7. The topological polar surface area (TPSA) is 21.6 Å². The molecule has 0 saturated carbocycles. The third-order valence-electron chi connectivity index (χ3n) is 2.94. The summed E-state index contributed by atoms with van der Waals surface area (Å²) in [6, 6.07) is 16.2. The van der Waals surface area contributed by atoms with Crippen molar-refractivity contribution < 1.29 is 4.74 Å². The molecule has 2 nitrogen and oxygen atoms in total. The van der Waals surface area contributed by atoms with Gasteiger partial charge in [-0.15, -0.1) is 0 Å². The second-order valence-electron chi connectivity index (χ2n) is 4.25. The molecule has 106 valence electrons. The first-order chi connectivity index (χ1) is 10.3. The number of methoxy groups -OCH3 is 1. The smallest absolute Gasteiger partial charge is 0.140 e. The summed E-state index contributed by atoms with van der Waals surface area (Å²) in [5.74, 6) is 0.865. The Labute approximate surface area is 140 Å². The number of rotatable bonds is 2. The molecule has 0 unspecified atom stereocenters. The summed E-state index contributed by atoms with van der Waals surface area (Å²) in [7, 11) is 1.67. The number of aliphatic imine (C=N–C) groups is 1. The molecule has 0 fully saturated rings. The first kappa shape index (κ1) is 14.8. The zero-order valence-electron chi connectivity index (χ0n) is 11.2. The third-order valence-corrected chi connectivity index (χ3v) is 5.80. The van der Waals surface area contributed by atoms with E-state index in [4.69, 9.17) is 9.73 Å². The lowest BCUT2D eigenvalue weighted by atomic mass is 10.2. The molecule has 2 aromatic rings. The fourth-order valence-electron chi connectivity index (χ4n) is 1.92. The molecule has 0 spiro atoms. The number of thioether (sulfide) groups is 2. The molecule has 2 aromatic carbocycles. The Kier molecular flexibility index (Phi) is 4.73. The lowest BCUT2D eigenvalue weighted by Gasteiger charge is -2.16. The van der Waals surface area contributed by atoms with E-state index in [9.17, 15) is 0 Å². The van der Waals surface area contributed by atoms with E-state index >= 15 is 0 Å². The highest BCUT2D eigenvalue weighted by atomic mass is 79.9. The van der Waals surface area contributed by atoms with Crippen LogP contribution in [0.25, 0.3) is 4.91 Å². The van der Waals surface area contributed by atoms with Crippen LogP contribution < -0.4 is 4.74 Å². The predicted octanol–water partition coefficient (Wildman–Crippen LogP) is 5.92. The van der Waals surface area contributed by atoms with Gasteiger partial charge in [-0.3, -0.25) is 0 Å². The summed E-state index contributed by atoms with van der Waals surface area (Å²) < 4.78 is 6.20. The largest absolute Gasteiger partial charge is 0.497 e. The van der Waals surface area contributed by atoms with E-state index in [1.807, 2.05) is 47.4 Å². The molecule has 1 aliphatic rings. The van der Waals surface area contributed by atoms with Crippen LogP contribution in [0.2, 0.25) is 0 Å². The molecule has 1 heterocycles. The van der Waals surface area contributed by atoms with Crippen molar-refractivity contribution in [2.75, 3.05) is 7.11 Å². The van der Waals surface area contributed by atoms with Gasteiger partial charge in [-0.1, -0.05) is 57.7 Å². The van der Waals surface area contributed by atoms with Crippen molar-refractivity contribution in [3.63, 3.8) is 0 Å². The number of benzene rings is 2. The second kappa shape index (κ2) is 6.73. The molecular formula is C16H12BrNOS2. The monoisotopic (exact) mass is 377 g/mol. The third kappa shape index (κ3) is 3.36. The maximum absolute atomic E-state index is 5.18. The molecule has 3 rings (SSSR count). The molecule has 0 N–H and O–H groups in total. The van der Waals surface area contributed by atoms with Gasteiger partial charge in [0.1, 0.15) is 10.1 Å². The minimum Gasteiger partial charge on any atom is -0.497 e. The highest BCUT2D eigenvalue weighted by Crippen LogP contribution is 2.44. The second-order valence-corrected chi connectivity index (χ2v) is 7.06. The van der Waals surface area contributed by atoms with E-state index in [0.717, 1.165) is 20.7 Å². The number of halogens is 1. The number of hydrogen-bond acceptors (Lipinski definition) is 4. The first-order valence-electron chi connectivity index (χ1n) is 6.28. The van der Waals surface area contributed by atoms with Crippen molar-refractivity contribution in [1.29, 1.82) is 0 Å². The number of hydrogen-bond donors (Lipinski definition) is 0. The molecule has 0 bridgehead atoms. The van der Waals surface area contributed by atoms with Crippen LogP contribution in [0.5, 0.6) is 5.75 Å².